The Morgan fingerprint density at radius 2 is 1.95 bits per heavy atom. The maximum Gasteiger partial charge on any atom is 0.242 e. The van der Waals surface area contributed by atoms with Crippen molar-refractivity contribution in [1.82, 2.24) is 4.72 Å². The van der Waals surface area contributed by atoms with Crippen LogP contribution >= 0.6 is 11.6 Å². The molecule has 0 fully saturated rings. The van der Waals surface area contributed by atoms with Crippen molar-refractivity contribution in [3.8, 4) is 0 Å². The average Bonchev–Trinajstić information content (AvgIpc) is 2.38. The third-order valence-electron chi connectivity index (χ3n) is 3.13. The molecule has 1 aromatic rings. The molecule has 0 aromatic heterocycles. The first-order chi connectivity index (χ1) is 9.40. The average molecular weight is 319 g/mol. The van der Waals surface area contributed by atoms with Crippen LogP contribution in [0.3, 0.4) is 0 Å². The van der Waals surface area contributed by atoms with Crippen LogP contribution in [0.5, 0.6) is 0 Å². The van der Waals surface area contributed by atoms with Gasteiger partial charge in [0.2, 0.25) is 10.0 Å². The third kappa shape index (κ3) is 4.96. The third-order valence-corrected chi connectivity index (χ3v) is 4.94. The summed E-state index contributed by atoms with van der Waals surface area (Å²) in [6.07, 6.45) is 4.63. The summed E-state index contributed by atoms with van der Waals surface area (Å²) < 4.78 is 27.6. The Morgan fingerprint density at radius 3 is 2.55 bits per heavy atom. The zero-order valence-corrected chi connectivity index (χ0v) is 13.6. The molecule has 0 aliphatic carbocycles. The van der Waals surface area contributed by atoms with Crippen LogP contribution in [-0.4, -0.2) is 14.5 Å². The first-order valence-corrected chi connectivity index (χ1v) is 8.84. The summed E-state index contributed by atoms with van der Waals surface area (Å²) in [6.45, 7) is 4.13. The number of hydrogen-bond donors (Lipinski definition) is 2. The monoisotopic (exact) mass is 318 g/mol. The molecule has 0 aliphatic rings. The molecule has 0 radical (unpaired) electrons. The topological polar surface area (TPSA) is 72.2 Å². The highest BCUT2D eigenvalue weighted by atomic mass is 35.5. The molecule has 1 aromatic carbocycles. The van der Waals surface area contributed by atoms with Crippen LogP contribution in [0.1, 0.15) is 46.0 Å². The molecule has 0 bridgehead atoms. The summed E-state index contributed by atoms with van der Waals surface area (Å²) in [4.78, 5) is 0.0580. The number of halogens is 1. The Bertz CT molecular complexity index is 532. The van der Waals surface area contributed by atoms with Gasteiger partial charge in [0, 0.05) is 11.1 Å². The van der Waals surface area contributed by atoms with Gasteiger partial charge in [0.15, 0.2) is 0 Å². The fraction of sp³-hybridized carbons (Fsp3) is 0.571. The molecule has 0 saturated heterocycles. The Balaban J connectivity index is 2.93. The van der Waals surface area contributed by atoms with Crippen molar-refractivity contribution in [3.63, 3.8) is 0 Å². The number of unbranched alkanes of at least 4 members (excludes halogenated alkanes) is 1. The van der Waals surface area contributed by atoms with Crippen molar-refractivity contribution in [3.05, 3.63) is 23.2 Å². The molecule has 6 heteroatoms. The SMILES string of the molecule is CCCCC(CCC)NS(=O)(=O)c1cc(Cl)ccc1N. The molecule has 1 unspecified atom stereocenters. The van der Waals surface area contributed by atoms with Gasteiger partial charge in [0.05, 0.1) is 5.69 Å². The van der Waals surface area contributed by atoms with Gasteiger partial charge in [-0.1, -0.05) is 44.7 Å². The van der Waals surface area contributed by atoms with Crippen molar-refractivity contribution in [2.75, 3.05) is 5.73 Å². The van der Waals surface area contributed by atoms with Crippen LogP contribution in [-0.2, 0) is 10.0 Å². The van der Waals surface area contributed by atoms with Gasteiger partial charge in [-0.25, -0.2) is 13.1 Å². The highest BCUT2D eigenvalue weighted by Crippen LogP contribution is 2.23. The van der Waals surface area contributed by atoms with Gasteiger partial charge in [-0.05, 0) is 31.0 Å². The van der Waals surface area contributed by atoms with Crippen molar-refractivity contribution < 1.29 is 8.42 Å². The van der Waals surface area contributed by atoms with Crippen LogP contribution in [0.2, 0.25) is 5.02 Å². The lowest BCUT2D eigenvalue weighted by atomic mass is 10.1. The van der Waals surface area contributed by atoms with E-state index in [4.69, 9.17) is 17.3 Å². The van der Waals surface area contributed by atoms with Crippen LogP contribution in [0.4, 0.5) is 5.69 Å². The quantitative estimate of drug-likeness (QED) is 0.720. The summed E-state index contributed by atoms with van der Waals surface area (Å²) in [5.74, 6) is 0. The summed E-state index contributed by atoms with van der Waals surface area (Å²) in [5.41, 5.74) is 5.96. The molecule has 0 heterocycles. The van der Waals surface area contributed by atoms with E-state index in [1.165, 1.54) is 12.1 Å². The molecule has 0 saturated carbocycles. The maximum atomic E-state index is 12.4. The van der Waals surface area contributed by atoms with E-state index in [2.05, 4.69) is 11.6 Å². The van der Waals surface area contributed by atoms with Crippen molar-refractivity contribution in [1.29, 1.82) is 0 Å². The van der Waals surface area contributed by atoms with E-state index in [9.17, 15) is 8.42 Å². The van der Waals surface area contributed by atoms with E-state index in [1.807, 2.05) is 6.92 Å². The number of hydrogen-bond acceptors (Lipinski definition) is 3. The van der Waals surface area contributed by atoms with Crippen LogP contribution < -0.4 is 10.5 Å². The predicted octanol–water partition coefficient (Wildman–Crippen LogP) is 3.56. The molecule has 114 valence electrons. The van der Waals surface area contributed by atoms with Crippen LogP contribution in [0, 0.1) is 0 Å². The van der Waals surface area contributed by atoms with Gasteiger partial charge in [0.1, 0.15) is 4.90 Å². The number of nitrogens with one attached hydrogen (secondary N) is 1. The van der Waals surface area contributed by atoms with E-state index < -0.39 is 10.0 Å². The van der Waals surface area contributed by atoms with Gasteiger partial charge < -0.3 is 5.73 Å². The summed E-state index contributed by atoms with van der Waals surface area (Å²) in [6, 6.07) is 4.43. The van der Waals surface area contributed by atoms with Crippen molar-refractivity contribution >= 4 is 27.3 Å². The van der Waals surface area contributed by atoms with Crippen molar-refractivity contribution in [2.45, 2.75) is 56.9 Å². The lowest BCUT2D eigenvalue weighted by molar-refractivity contribution is 0.483. The molecule has 0 spiro atoms. The number of rotatable bonds is 8. The molecular formula is C14H23ClN2O2S. The smallest absolute Gasteiger partial charge is 0.242 e. The summed E-state index contributed by atoms with van der Waals surface area (Å²) in [5, 5.41) is 0.361. The van der Waals surface area contributed by atoms with Crippen LogP contribution in [0.15, 0.2) is 23.1 Å². The Kier molecular flexibility index (Phi) is 6.79. The summed E-state index contributed by atoms with van der Waals surface area (Å²) in [7, 11) is -3.62. The standard InChI is InChI=1S/C14H23ClN2O2S/c1-3-5-7-12(6-4-2)17-20(18,19)14-10-11(15)8-9-13(14)16/h8-10,12,17H,3-7,16H2,1-2H3. The van der Waals surface area contributed by atoms with Crippen molar-refractivity contribution in [2.24, 2.45) is 0 Å². The number of nitrogens with two attached hydrogens (primary N) is 1. The lowest BCUT2D eigenvalue weighted by Gasteiger charge is -2.18. The lowest BCUT2D eigenvalue weighted by Crippen LogP contribution is -2.35. The number of sulfonamides is 1. The predicted molar refractivity (Wildman–Crippen MR) is 84.4 cm³/mol. The minimum atomic E-state index is -3.62. The normalized spacial score (nSPS) is 13.3. The zero-order chi connectivity index (χ0) is 15.2. The van der Waals surface area contributed by atoms with E-state index in [1.54, 1.807) is 6.07 Å². The molecular weight excluding hydrogens is 296 g/mol. The maximum absolute atomic E-state index is 12.4. The van der Waals surface area contributed by atoms with Gasteiger partial charge in [-0.2, -0.15) is 0 Å². The molecule has 0 aliphatic heterocycles. The Hall–Kier alpha value is -0.780. The van der Waals surface area contributed by atoms with E-state index in [-0.39, 0.29) is 16.6 Å². The molecule has 4 nitrogen and oxygen atoms in total. The second-order valence-electron chi connectivity index (χ2n) is 4.93. The number of benzene rings is 1. The summed E-state index contributed by atoms with van der Waals surface area (Å²) >= 11 is 5.86. The first-order valence-electron chi connectivity index (χ1n) is 6.98. The zero-order valence-electron chi connectivity index (χ0n) is 12.0. The first kappa shape index (κ1) is 17.3. The molecule has 0 amide bonds. The Morgan fingerprint density at radius 1 is 1.25 bits per heavy atom. The number of anilines is 1. The van der Waals surface area contributed by atoms with E-state index in [0.717, 1.165) is 32.1 Å². The van der Waals surface area contributed by atoms with Crippen LogP contribution in [0.25, 0.3) is 0 Å². The second-order valence-corrected chi connectivity index (χ2v) is 7.05. The minimum absolute atomic E-state index is 0.0525. The van der Waals surface area contributed by atoms with Gasteiger partial charge in [-0.3, -0.25) is 0 Å². The van der Waals surface area contributed by atoms with Gasteiger partial charge >= 0.3 is 0 Å². The fourth-order valence-corrected chi connectivity index (χ4v) is 3.78. The molecule has 1 rings (SSSR count). The molecule has 3 N–H and O–H groups in total. The molecule has 20 heavy (non-hydrogen) atoms. The minimum Gasteiger partial charge on any atom is -0.398 e. The van der Waals surface area contributed by atoms with E-state index in [0.29, 0.717) is 5.02 Å². The highest BCUT2D eigenvalue weighted by molar-refractivity contribution is 7.89. The van der Waals surface area contributed by atoms with E-state index >= 15 is 0 Å². The fourth-order valence-electron chi connectivity index (χ4n) is 2.09. The molecule has 1 atom stereocenters. The largest absolute Gasteiger partial charge is 0.398 e. The second kappa shape index (κ2) is 7.86. The Labute approximate surface area is 126 Å². The highest BCUT2D eigenvalue weighted by Gasteiger charge is 2.21. The van der Waals surface area contributed by atoms with Gasteiger partial charge in [-0.15, -0.1) is 0 Å². The number of nitrogen functional groups attached to an aromatic ring is 1. The van der Waals surface area contributed by atoms with Gasteiger partial charge in [0.25, 0.3) is 0 Å².